The molecule has 27 heteroatoms. The first kappa shape index (κ1) is 41.1. The maximum atomic E-state index is 10.2. The third-order valence-electron chi connectivity index (χ3n) is 10.1. The number of aliphatic hydroxyl groups excluding tert-OH is 12. The second kappa shape index (κ2) is 14.4. The first-order chi connectivity index (χ1) is 23.8. The molecule has 16 atom stereocenters. The van der Waals surface area contributed by atoms with Gasteiger partial charge in [-0.1, -0.05) is 0 Å². The molecule has 51 heavy (non-hydrogen) atoms. The molecular formula is C24H40B2CaO24. The number of ether oxygens (including phenoxy) is 4. The van der Waals surface area contributed by atoms with Gasteiger partial charge in [-0.05, 0) is 0 Å². The molecular weight excluding hydrogens is 734 g/mol. The first-order valence-electron chi connectivity index (χ1n) is 15.8. The van der Waals surface area contributed by atoms with Gasteiger partial charge in [0.05, 0.1) is 52.9 Å². The molecule has 12 N–H and O–H groups in total. The Morgan fingerprint density at radius 1 is 0.373 bits per heavy atom. The smallest absolute Gasteiger partial charge is 0.510 e. The van der Waals surface area contributed by atoms with E-state index in [4.69, 9.17) is 56.2 Å². The van der Waals surface area contributed by atoms with Gasteiger partial charge >= 0.3 is 51.7 Å². The summed E-state index contributed by atoms with van der Waals surface area (Å²) < 4.78 is 65.8. The molecule has 16 unspecified atom stereocenters. The maximum Gasteiger partial charge on any atom is 2.00 e. The fourth-order valence-electron chi connectivity index (χ4n) is 7.78. The Labute approximate surface area is 317 Å². The largest absolute Gasteiger partial charge is 2.00 e. The van der Waals surface area contributed by atoms with Crippen molar-refractivity contribution in [3.8, 4) is 0 Å². The second-order valence-electron chi connectivity index (χ2n) is 13.1. The van der Waals surface area contributed by atoms with Crippen LogP contribution in [0.25, 0.3) is 0 Å². The molecule has 8 saturated heterocycles. The number of aliphatic hydroxyl groups is 12. The Morgan fingerprint density at radius 2 is 0.569 bits per heavy atom. The number of hydrogen-bond acceptors (Lipinski definition) is 24. The Hall–Kier alpha value is 0.430. The molecule has 0 amide bonds. The minimum absolute atomic E-state index is 0. The molecule has 0 aromatic carbocycles. The van der Waals surface area contributed by atoms with E-state index in [1.54, 1.807) is 0 Å². The van der Waals surface area contributed by atoms with E-state index in [1.165, 1.54) is 0 Å². The molecule has 0 aromatic rings. The van der Waals surface area contributed by atoms with Gasteiger partial charge in [0, 0.05) is 0 Å². The summed E-state index contributed by atoms with van der Waals surface area (Å²) in [6, 6.07) is 0. The minimum atomic E-state index is -3.10. The molecule has 8 heterocycles. The minimum Gasteiger partial charge on any atom is -0.510 e. The van der Waals surface area contributed by atoms with Crippen LogP contribution in [0.3, 0.4) is 0 Å². The molecule has 8 rings (SSSR count). The van der Waals surface area contributed by atoms with Crippen molar-refractivity contribution in [3.63, 3.8) is 0 Å². The maximum absolute atomic E-state index is 10.2. The Bertz CT molecular complexity index is 1080. The van der Waals surface area contributed by atoms with Gasteiger partial charge in [0.1, 0.15) is 73.2 Å². The fraction of sp³-hybridized carbons (Fsp3) is 1.00. The van der Waals surface area contributed by atoms with Crippen molar-refractivity contribution in [2.75, 3.05) is 52.9 Å². The van der Waals surface area contributed by atoms with Gasteiger partial charge in [0.25, 0.3) is 0 Å². The zero-order valence-electron chi connectivity index (χ0n) is 26.7. The SMILES string of the molecule is OCC1OC2(CO)O[B-]3(OC2C1O)OC1C(O)C(CO)OC1(CO)O3.OCC1OC2(CO)O[B-]3(OC2C1O)OC1C(O)C(CO)OC1(CO)O3.[Ca+2]. The molecule has 0 bridgehead atoms. The van der Waals surface area contributed by atoms with Crippen LogP contribution in [0.4, 0.5) is 0 Å². The van der Waals surface area contributed by atoms with E-state index in [0.29, 0.717) is 0 Å². The van der Waals surface area contributed by atoms with E-state index >= 15 is 0 Å². The van der Waals surface area contributed by atoms with Crippen molar-refractivity contribution in [2.24, 2.45) is 0 Å². The molecule has 8 fully saturated rings. The van der Waals surface area contributed by atoms with E-state index in [2.05, 4.69) is 0 Å². The summed E-state index contributed by atoms with van der Waals surface area (Å²) in [5.74, 6) is -7.38. The summed E-state index contributed by atoms with van der Waals surface area (Å²) in [4.78, 5) is 0. The van der Waals surface area contributed by atoms with E-state index in [0.717, 1.165) is 0 Å². The Balaban J connectivity index is 0.000000172. The van der Waals surface area contributed by atoms with Crippen LogP contribution in [0.5, 0.6) is 0 Å². The van der Waals surface area contributed by atoms with Gasteiger partial charge in [0.2, 0.25) is 0 Å². The molecule has 0 radical (unpaired) electrons. The summed E-state index contributed by atoms with van der Waals surface area (Å²) in [7, 11) is 0. The number of hydrogen-bond donors (Lipinski definition) is 12. The van der Waals surface area contributed by atoms with Crippen LogP contribution in [0.2, 0.25) is 0 Å². The first-order valence-corrected chi connectivity index (χ1v) is 15.8. The predicted molar refractivity (Wildman–Crippen MR) is 152 cm³/mol. The molecule has 24 nitrogen and oxygen atoms in total. The zero-order valence-corrected chi connectivity index (χ0v) is 28.9. The summed E-state index contributed by atoms with van der Waals surface area (Å²) >= 11 is 0. The van der Waals surface area contributed by atoms with Crippen LogP contribution in [0.15, 0.2) is 0 Å². The van der Waals surface area contributed by atoms with E-state index in [-0.39, 0.29) is 37.7 Å². The average molecular weight is 774 g/mol. The quantitative estimate of drug-likeness (QED) is 0.102. The van der Waals surface area contributed by atoms with Crippen LogP contribution in [0.1, 0.15) is 0 Å². The van der Waals surface area contributed by atoms with Gasteiger partial charge in [0.15, 0.2) is 23.1 Å². The summed E-state index contributed by atoms with van der Waals surface area (Å²) in [6.45, 7) is -11.3. The van der Waals surface area contributed by atoms with E-state index < -0.39 is 163 Å². The molecule has 288 valence electrons. The second-order valence-corrected chi connectivity index (χ2v) is 13.1. The number of fused-ring (bicyclic) bond motifs is 4. The van der Waals surface area contributed by atoms with Crippen molar-refractivity contribution < 1.29 is 117 Å². The van der Waals surface area contributed by atoms with Crippen molar-refractivity contribution in [1.82, 2.24) is 0 Å². The predicted octanol–water partition coefficient (Wildman–Crippen LogP) is -10.1. The Kier molecular flexibility index (Phi) is 11.6. The third-order valence-corrected chi connectivity index (χ3v) is 10.1. The Morgan fingerprint density at radius 3 is 0.706 bits per heavy atom. The van der Waals surface area contributed by atoms with Crippen molar-refractivity contribution >= 4 is 51.7 Å². The molecule has 0 aromatic heterocycles. The summed E-state index contributed by atoms with van der Waals surface area (Å²) in [5.41, 5.74) is 0. The molecule has 8 aliphatic heterocycles. The van der Waals surface area contributed by atoms with Gasteiger partial charge < -0.3 is 117 Å². The van der Waals surface area contributed by atoms with Gasteiger partial charge in [-0.2, -0.15) is 0 Å². The van der Waals surface area contributed by atoms with Crippen LogP contribution in [-0.4, -0.2) is 262 Å². The summed E-state index contributed by atoms with van der Waals surface area (Å²) in [6.07, 6.45) is -14.5. The molecule has 0 saturated carbocycles. The topological polar surface area (TPSA) is 354 Å². The molecule has 0 aliphatic carbocycles. The van der Waals surface area contributed by atoms with Gasteiger partial charge in [-0.25, -0.2) is 0 Å². The monoisotopic (exact) mass is 774 g/mol. The number of rotatable bonds is 8. The normalized spacial score (nSPS) is 56.2. The molecule has 8 aliphatic rings. The summed E-state index contributed by atoms with van der Waals surface area (Å²) in [5, 5.41) is 116. The molecule has 2 spiro atoms. The van der Waals surface area contributed by atoms with Crippen molar-refractivity contribution in [2.45, 2.75) is 96.4 Å². The van der Waals surface area contributed by atoms with E-state index in [1.807, 2.05) is 0 Å². The van der Waals surface area contributed by atoms with Crippen LogP contribution in [0, 0.1) is 0 Å². The van der Waals surface area contributed by atoms with Crippen molar-refractivity contribution in [1.29, 1.82) is 0 Å². The van der Waals surface area contributed by atoms with E-state index in [9.17, 15) is 61.3 Å². The van der Waals surface area contributed by atoms with Crippen LogP contribution in [-0.2, 0) is 56.2 Å². The standard InChI is InChI=1S/2C12H20BO12.Ca/c2*14-1-5-7(18)9-11(3-16,20-5)24-13(22-9)23-10-8(19)6(2-15)21-12(10,4-17)25-13;/h2*5-10,14-19H,1-4H2;/q2*-1;+2. The average Bonchev–Trinajstić information content (AvgIpc) is 3.97. The van der Waals surface area contributed by atoms with Gasteiger partial charge in [-0.15, -0.1) is 0 Å². The fourth-order valence-corrected chi connectivity index (χ4v) is 7.78. The zero-order chi connectivity index (χ0) is 36.1. The van der Waals surface area contributed by atoms with Crippen molar-refractivity contribution in [3.05, 3.63) is 0 Å². The van der Waals surface area contributed by atoms with Crippen LogP contribution >= 0.6 is 0 Å². The van der Waals surface area contributed by atoms with Gasteiger partial charge in [-0.3, -0.25) is 0 Å². The third kappa shape index (κ3) is 6.00. The van der Waals surface area contributed by atoms with Crippen LogP contribution < -0.4 is 0 Å².